The summed E-state index contributed by atoms with van der Waals surface area (Å²) in [6.45, 7) is 15.2. The molecule has 0 unspecified atom stereocenters. The maximum atomic E-state index is 14.3. The number of aromatic nitrogens is 1. The lowest BCUT2D eigenvalue weighted by molar-refractivity contribution is -0.131. The van der Waals surface area contributed by atoms with Gasteiger partial charge in [0.2, 0.25) is 5.91 Å². The summed E-state index contributed by atoms with van der Waals surface area (Å²) in [4.78, 5) is 60.8. The van der Waals surface area contributed by atoms with Crippen molar-refractivity contribution in [2.24, 2.45) is 17.8 Å². The first-order valence-corrected chi connectivity index (χ1v) is 18.3. The number of hydrogen-bond donors (Lipinski definition) is 5. The molecule has 1 saturated heterocycles. The first-order valence-electron chi connectivity index (χ1n) is 18.3. The molecule has 0 aliphatic carbocycles. The molecule has 5 amide bonds. The lowest BCUT2D eigenvalue weighted by Gasteiger charge is -2.35. The van der Waals surface area contributed by atoms with Crippen LogP contribution in [0.1, 0.15) is 77.8 Å². The summed E-state index contributed by atoms with van der Waals surface area (Å²) in [6, 6.07) is 12.5. The van der Waals surface area contributed by atoms with E-state index in [9.17, 15) is 29.4 Å². The zero-order chi connectivity index (χ0) is 37.7. The molecular formula is C38H59N7O6. The van der Waals surface area contributed by atoms with Gasteiger partial charge in [0.05, 0.1) is 24.4 Å². The third kappa shape index (κ3) is 12.5. The number of benzene rings is 1. The van der Waals surface area contributed by atoms with E-state index in [1.165, 1.54) is 0 Å². The number of nitrogens with one attached hydrogen (secondary N) is 3. The second-order valence-corrected chi connectivity index (χ2v) is 14.3. The number of carboxylic acid groups (broad SMARTS) is 1. The lowest BCUT2D eigenvalue weighted by atomic mass is 9.95. The number of pyridine rings is 1. The largest absolute Gasteiger partial charge is 0.465 e. The van der Waals surface area contributed by atoms with Gasteiger partial charge in [-0.3, -0.25) is 20.0 Å². The highest BCUT2D eigenvalue weighted by Crippen LogP contribution is 2.23. The van der Waals surface area contributed by atoms with Crippen molar-refractivity contribution in [3.8, 4) is 0 Å². The minimum atomic E-state index is -1.29. The van der Waals surface area contributed by atoms with E-state index in [1.54, 1.807) is 21.7 Å². The van der Waals surface area contributed by atoms with Gasteiger partial charge in [0.25, 0.3) is 5.91 Å². The quantitative estimate of drug-likeness (QED) is 0.128. The number of aliphatic hydroxyl groups is 1. The number of aryl methyl sites for hydroxylation is 1. The van der Waals surface area contributed by atoms with E-state index < -0.39 is 36.2 Å². The highest BCUT2D eigenvalue weighted by Gasteiger charge is 2.41. The molecule has 13 nitrogen and oxygen atoms in total. The molecule has 1 aliphatic heterocycles. The average Bonchev–Trinajstić information content (AvgIpc) is 3.44. The number of carbonyl (C=O) groups excluding carboxylic acids is 3. The molecule has 0 spiro atoms. The summed E-state index contributed by atoms with van der Waals surface area (Å²) in [5.41, 5.74) is 5.40. The molecule has 2 aromatic rings. The lowest BCUT2D eigenvalue weighted by Crippen LogP contribution is -2.60. The van der Waals surface area contributed by atoms with Crippen molar-refractivity contribution in [1.29, 1.82) is 0 Å². The van der Waals surface area contributed by atoms with Crippen LogP contribution in [0.4, 0.5) is 9.59 Å². The second kappa shape index (κ2) is 20.0. The third-order valence-electron chi connectivity index (χ3n) is 9.73. The highest BCUT2D eigenvalue weighted by atomic mass is 16.4. The van der Waals surface area contributed by atoms with Gasteiger partial charge in [0.15, 0.2) is 0 Å². The predicted octanol–water partition coefficient (Wildman–Crippen LogP) is 4.19. The van der Waals surface area contributed by atoms with Crippen LogP contribution in [-0.4, -0.2) is 104 Å². The second-order valence-electron chi connectivity index (χ2n) is 14.3. The van der Waals surface area contributed by atoms with Gasteiger partial charge in [0, 0.05) is 31.9 Å². The van der Waals surface area contributed by atoms with E-state index in [1.807, 2.05) is 76.2 Å². The van der Waals surface area contributed by atoms with Gasteiger partial charge < -0.3 is 30.6 Å². The first-order chi connectivity index (χ1) is 24.2. The number of amides is 5. The Labute approximate surface area is 303 Å². The molecule has 0 bridgehead atoms. The van der Waals surface area contributed by atoms with E-state index >= 15 is 0 Å². The van der Waals surface area contributed by atoms with Gasteiger partial charge in [-0.05, 0) is 55.2 Å². The van der Waals surface area contributed by atoms with Crippen LogP contribution in [0.15, 0.2) is 48.5 Å². The Hall–Kier alpha value is -4.23. The van der Waals surface area contributed by atoms with Crippen LogP contribution < -0.4 is 16.1 Å². The molecule has 1 aromatic heterocycles. The Morgan fingerprint density at radius 3 is 2.22 bits per heavy atom. The van der Waals surface area contributed by atoms with Crippen LogP contribution >= 0.6 is 0 Å². The van der Waals surface area contributed by atoms with Gasteiger partial charge in [-0.15, -0.1) is 0 Å². The Kier molecular flexibility index (Phi) is 16.1. The molecule has 1 aliphatic rings. The zero-order valence-corrected chi connectivity index (χ0v) is 31.3. The molecule has 3 rings (SSSR count). The number of urea groups is 1. The Balaban J connectivity index is 1.85. The fourth-order valence-electron chi connectivity index (χ4n) is 6.26. The monoisotopic (exact) mass is 709 g/mol. The maximum absolute atomic E-state index is 14.3. The normalized spacial score (nSPS) is 16.8. The van der Waals surface area contributed by atoms with Crippen LogP contribution in [0.5, 0.6) is 0 Å². The van der Waals surface area contributed by atoms with Crippen LogP contribution in [-0.2, 0) is 22.6 Å². The van der Waals surface area contributed by atoms with Gasteiger partial charge in [-0.2, -0.15) is 0 Å². The van der Waals surface area contributed by atoms with Gasteiger partial charge in [0.1, 0.15) is 12.1 Å². The van der Waals surface area contributed by atoms with Crippen molar-refractivity contribution in [2.45, 2.75) is 105 Å². The summed E-state index contributed by atoms with van der Waals surface area (Å²) in [5.74, 6) is -1.01. The van der Waals surface area contributed by atoms with Crippen LogP contribution in [0, 0.1) is 24.7 Å². The number of hydrogen-bond acceptors (Lipinski definition) is 7. The molecular weight excluding hydrogens is 650 g/mol. The Morgan fingerprint density at radius 2 is 1.61 bits per heavy atom. The van der Waals surface area contributed by atoms with Crippen LogP contribution in [0.2, 0.25) is 0 Å². The number of aliphatic hydroxyl groups excluding tert-OH is 1. The predicted molar refractivity (Wildman–Crippen MR) is 196 cm³/mol. The molecule has 13 heteroatoms. The van der Waals surface area contributed by atoms with E-state index in [2.05, 4.69) is 34.9 Å². The SMILES string of the molecule is CC[C@H](C)[C@H](NC(=O)O)C(=O)NN(CCC(C)C)C[C@H](O)[C@H](Cc1ccccc1)NC(=O)[C@H]([C@@H](C)CC)N1CCN(Cc2cccc(C)n2)C1=O. The number of hydrazine groups is 1. The summed E-state index contributed by atoms with van der Waals surface area (Å²) < 4.78 is 0. The van der Waals surface area contributed by atoms with Crippen molar-refractivity contribution < 1.29 is 29.4 Å². The van der Waals surface area contributed by atoms with Crippen molar-refractivity contribution in [3.63, 3.8) is 0 Å². The summed E-state index contributed by atoms with van der Waals surface area (Å²) in [5, 5.41) is 28.3. The highest BCUT2D eigenvalue weighted by molar-refractivity contribution is 5.88. The van der Waals surface area contributed by atoms with E-state index in [4.69, 9.17) is 0 Å². The Bertz CT molecular complexity index is 1430. The summed E-state index contributed by atoms with van der Waals surface area (Å²) >= 11 is 0. The van der Waals surface area contributed by atoms with E-state index in [0.29, 0.717) is 57.8 Å². The van der Waals surface area contributed by atoms with Gasteiger partial charge in [-0.1, -0.05) is 90.8 Å². The minimum absolute atomic E-state index is 0.0234. The molecule has 0 saturated carbocycles. The van der Waals surface area contributed by atoms with E-state index in [-0.39, 0.29) is 30.3 Å². The fraction of sp³-hybridized carbons (Fsp3) is 0.605. The van der Waals surface area contributed by atoms with Crippen LogP contribution in [0.25, 0.3) is 0 Å². The summed E-state index contributed by atoms with van der Waals surface area (Å²) in [7, 11) is 0. The zero-order valence-electron chi connectivity index (χ0n) is 31.3. The molecule has 6 atom stereocenters. The molecule has 0 radical (unpaired) electrons. The van der Waals surface area contributed by atoms with Crippen molar-refractivity contribution >= 4 is 23.9 Å². The van der Waals surface area contributed by atoms with Crippen molar-refractivity contribution in [1.82, 2.24) is 35.9 Å². The first kappa shape index (κ1) is 41.2. The topological polar surface area (TPSA) is 167 Å². The minimum Gasteiger partial charge on any atom is -0.465 e. The molecule has 51 heavy (non-hydrogen) atoms. The Morgan fingerprint density at radius 1 is 0.922 bits per heavy atom. The fourth-order valence-corrected chi connectivity index (χ4v) is 6.26. The van der Waals surface area contributed by atoms with Gasteiger partial charge >= 0.3 is 12.1 Å². The van der Waals surface area contributed by atoms with Gasteiger partial charge in [-0.25, -0.2) is 14.6 Å². The third-order valence-corrected chi connectivity index (χ3v) is 9.73. The standard InChI is InChI=1S/C38H59N7O6/c1-8-26(5)33(41-37(49)50)35(47)42-44(19-18-25(3)4)24-32(46)31(22-29-15-11-10-12-16-29)40-36(48)34(27(6)9-2)45-21-20-43(38(45)51)23-30-17-13-14-28(7)39-30/h10-17,25-27,31-34,41,46H,8-9,18-24H2,1-7H3,(H,40,48)(H,42,47)(H,49,50)/t26-,27-,31-,32-,33-,34-/m0/s1. The molecule has 1 fully saturated rings. The van der Waals surface area contributed by atoms with Crippen molar-refractivity contribution in [3.05, 3.63) is 65.5 Å². The number of carbonyl (C=O) groups is 4. The smallest absolute Gasteiger partial charge is 0.405 e. The van der Waals surface area contributed by atoms with Crippen molar-refractivity contribution in [2.75, 3.05) is 26.2 Å². The van der Waals surface area contributed by atoms with Crippen LogP contribution in [0.3, 0.4) is 0 Å². The number of rotatable bonds is 20. The molecule has 1 aromatic carbocycles. The number of nitrogens with zero attached hydrogens (tertiary/aromatic N) is 4. The van der Waals surface area contributed by atoms with E-state index in [0.717, 1.165) is 17.0 Å². The molecule has 282 valence electrons. The maximum Gasteiger partial charge on any atom is 0.405 e. The molecule has 2 heterocycles. The average molecular weight is 710 g/mol. The summed E-state index contributed by atoms with van der Waals surface area (Å²) in [6.07, 6.45) is -0.184. The molecule has 5 N–H and O–H groups in total.